The molecule has 1 aromatic carbocycles. The number of halogens is 1. The molecule has 8 heteroatoms. The molecular formula is C18H18FN3O4. The van der Waals surface area contributed by atoms with Crippen LogP contribution in [-0.2, 0) is 4.79 Å². The number of piperidine rings is 1. The Balaban J connectivity index is 1.93. The van der Waals surface area contributed by atoms with Crippen molar-refractivity contribution >= 4 is 11.9 Å². The van der Waals surface area contributed by atoms with E-state index in [1.54, 1.807) is 6.92 Å². The lowest BCUT2D eigenvalue weighted by Crippen LogP contribution is -2.49. The van der Waals surface area contributed by atoms with Gasteiger partial charge in [0.1, 0.15) is 11.5 Å². The lowest BCUT2D eigenvalue weighted by atomic mass is 9.90. The summed E-state index contributed by atoms with van der Waals surface area (Å²) < 4.78 is 14.1. The minimum absolute atomic E-state index is 0.0341. The molecule has 1 N–H and O–H groups in total. The molecule has 1 aromatic heterocycles. The van der Waals surface area contributed by atoms with Gasteiger partial charge in [0.25, 0.3) is 11.5 Å². The molecule has 0 radical (unpaired) electrons. The summed E-state index contributed by atoms with van der Waals surface area (Å²) in [5.41, 5.74) is -0.0868. The molecule has 7 nitrogen and oxygen atoms in total. The van der Waals surface area contributed by atoms with Crippen LogP contribution in [0.4, 0.5) is 4.39 Å². The Morgan fingerprint density at radius 1 is 1.19 bits per heavy atom. The highest BCUT2D eigenvalue weighted by atomic mass is 19.1. The Morgan fingerprint density at radius 2 is 1.88 bits per heavy atom. The van der Waals surface area contributed by atoms with E-state index in [9.17, 15) is 23.9 Å². The maximum atomic E-state index is 13.1. The number of rotatable bonds is 3. The zero-order valence-electron chi connectivity index (χ0n) is 14.1. The van der Waals surface area contributed by atoms with E-state index in [0.717, 1.165) is 4.68 Å². The lowest BCUT2D eigenvalue weighted by molar-refractivity contribution is -0.144. The van der Waals surface area contributed by atoms with Crippen molar-refractivity contribution in [2.75, 3.05) is 6.54 Å². The first-order valence-corrected chi connectivity index (χ1v) is 8.28. The van der Waals surface area contributed by atoms with Crippen LogP contribution >= 0.6 is 0 Å². The summed E-state index contributed by atoms with van der Waals surface area (Å²) in [7, 11) is 0. The number of nitrogens with zero attached hydrogens (tertiary/aromatic N) is 3. The average molecular weight is 359 g/mol. The van der Waals surface area contributed by atoms with Crippen molar-refractivity contribution < 1.29 is 19.1 Å². The fourth-order valence-corrected chi connectivity index (χ4v) is 3.20. The largest absolute Gasteiger partial charge is 0.481 e. The van der Waals surface area contributed by atoms with E-state index in [-0.39, 0.29) is 5.69 Å². The summed E-state index contributed by atoms with van der Waals surface area (Å²) >= 11 is 0. The number of carbonyl (C=O) groups excluding carboxylic acids is 1. The molecule has 0 bridgehead atoms. The van der Waals surface area contributed by atoms with Crippen molar-refractivity contribution in [2.24, 2.45) is 5.92 Å². The molecule has 1 aliphatic heterocycles. The molecule has 1 aliphatic rings. The first-order valence-electron chi connectivity index (χ1n) is 8.28. The van der Waals surface area contributed by atoms with Crippen LogP contribution in [0.2, 0.25) is 0 Å². The Labute approximate surface area is 148 Å². The van der Waals surface area contributed by atoms with Crippen molar-refractivity contribution in [3.63, 3.8) is 0 Å². The second-order valence-corrected chi connectivity index (χ2v) is 6.27. The molecule has 1 saturated heterocycles. The minimum Gasteiger partial charge on any atom is -0.481 e. The smallest absolute Gasteiger partial charge is 0.308 e. The molecule has 3 rings (SSSR count). The fourth-order valence-electron chi connectivity index (χ4n) is 3.20. The first-order chi connectivity index (χ1) is 12.4. The molecule has 0 aliphatic carbocycles. The average Bonchev–Trinajstić information content (AvgIpc) is 2.62. The van der Waals surface area contributed by atoms with Crippen LogP contribution < -0.4 is 5.56 Å². The van der Waals surface area contributed by atoms with Crippen LogP contribution in [0, 0.1) is 11.7 Å². The van der Waals surface area contributed by atoms with E-state index in [0.29, 0.717) is 25.1 Å². The third-order valence-electron chi connectivity index (χ3n) is 4.66. The highest BCUT2D eigenvalue weighted by Crippen LogP contribution is 2.25. The molecule has 2 aromatic rings. The number of carbonyl (C=O) groups is 2. The van der Waals surface area contributed by atoms with Crippen LogP contribution in [-0.4, -0.2) is 44.3 Å². The van der Waals surface area contributed by atoms with Gasteiger partial charge >= 0.3 is 5.97 Å². The Bertz CT molecular complexity index is 894. The van der Waals surface area contributed by atoms with Gasteiger partial charge in [-0.15, -0.1) is 0 Å². The van der Waals surface area contributed by atoms with E-state index in [1.165, 1.54) is 41.3 Å². The van der Waals surface area contributed by atoms with Crippen LogP contribution in [0.3, 0.4) is 0 Å². The van der Waals surface area contributed by atoms with Gasteiger partial charge in [-0.05, 0) is 50.1 Å². The van der Waals surface area contributed by atoms with E-state index in [2.05, 4.69) is 5.10 Å². The normalized spacial score (nSPS) is 20.0. The summed E-state index contributed by atoms with van der Waals surface area (Å²) in [6, 6.07) is 7.24. The van der Waals surface area contributed by atoms with E-state index in [1.807, 2.05) is 0 Å². The minimum atomic E-state index is -0.931. The van der Waals surface area contributed by atoms with Gasteiger partial charge in [-0.25, -0.2) is 4.39 Å². The van der Waals surface area contributed by atoms with Gasteiger partial charge in [0.15, 0.2) is 0 Å². The van der Waals surface area contributed by atoms with Crippen molar-refractivity contribution in [1.82, 2.24) is 14.7 Å². The van der Waals surface area contributed by atoms with Crippen molar-refractivity contribution in [1.29, 1.82) is 0 Å². The Kier molecular flexibility index (Phi) is 4.83. The van der Waals surface area contributed by atoms with E-state index < -0.39 is 35.2 Å². The maximum Gasteiger partial charge on any atom is 0.308 e. The predicted molar refractivity (Wildman–Crippen MR) is 90.7 cm³/mol. The van der Waals surface area contributed by atoms with Gasteiger partial charge in [-0.1, -0.05) is 0 Å². The number of aromatic nitrogens is 2. The molecule has 136 valence electrons. The van der Waals surface area contributed by atoms with Crippen LogP contribution in [0.1, 0.15) is 30.3 Å². The van der Waals surface area contributed by atoms with Crippen LogP contribution in [0.15, 0.2) is 41.2 Å². The highest BCUT2D eigenvalue weighted by molar-refractivity contribution is 5.92. The number of hydrogen-bond donors (Lipinski definition) is 1. The summed E-state index contributed by atoms with van der Waals surface area (Å²) in [6.07, 6.45) is 1.10. The lowest BCUT2D eigenvalue weighted by Gasteiger charge is -2.37. The molecule has 1 fully saturated rings. The molecule has 1 amide bonds. The van der Waals surface area contributed by atoms with Gasteiger partial charge in [0.2, 0.25) is 0 Å². The van der Waals surface area contributed by atoms with Crippen molar-refractivity contribution in [3.8, 4) is 5.69 Å². The van der Waals surface area contributed by atoms with Gasteiger partial charge < -0.3 is 10.0 Å². The summed E-state index contributed by atoms with van der Waals surface area (Å²) in [5.74, 6) is -2.44. The molecular weight excluding hydrogens is 341 g/mol. The number of carboxylic acids is 1. The highest BCUT2D eigenvalue weighted by Gasteiger charge is 2.36. The third-order valence-corrected chi connectivity index (χ3v) is 4.66. The number of benzene rings is 1. The second-order valence-electron chi connectivity index (χ2n) is 6.27. The zero-order valence-corrected chi connectivity index (χ0v) is 14.1. The zero-order chi connectivity index (χ0) is 18.8. The van der Waals surface area contributed by atoms with Gasteiger partial charge in [0, 0.05) is 18.7 Å². The van der Waals surface area contributed by atoms with Gasteiger partial charge in [0.05, 0.1) is 11.6 Å². The van der Waals surface area contributed by atoms with Crippen molar-refractivity contribution in [3.05, 3.63) is 58.3 Å². The molecule has 0 unspecified atom stereocenters. The first kappa shape index (κ1) is 17.8. The summed E-state index contributed by atoms with van der Waals surface area (Å²) in [4.78, 5) is 37.7. The monoisotopic (exact) mass is 359 g/mol. The summed E-state index contributed by atoms with van der Waals surface area (Å²) in [6.45, 7) is 2.13. The Hall–Kier alpha value is -3.03. The number of hydrogen-bond acceptors (Lipinski definition) is 4. The summed E-state index contributed by atoms with van der Waals surface area (Å²) in [5, 5.41) is 13.4. The molecule has 0 spiro atoms. The fraction of sp³-hybridized carbons (Fsp3) is 0.333. The van der Waals surface area contributed by atoms with Gasteiger partial charge in [-0.2, -0.15) is 9.78 Å². The van der Waals surface area contributed by atoms with Crippen LogP contribution in [0.5, 0.6) is 0 Å². The Morgan fingerprint density at radius 3 is 2.54 bits per heavy atom. The van der Waals surface area contributed by atoms with Gasteiger partial charge in [-0.3, -0.25) is 14.4 Å². The maximum absolute atomic E-state index is 13.1. The molecule has 0 saturated carbocycles. The van der Waals surface area contributed by atoms with Crippen LogP contribution in [0.25, 0.3) is 5.69 Å². The topological polar surface area (TPSA) is 92.5 Å². The molecule has 2 heterocycles. The third kappa shape index (κ3) is 3.35. The van der Waals surface area contributed by atoms with E-state index in [4.69, 9.17) is 0 Å². The number of aliphatic carboxylic acids is 1. The van der Waals surface area contributed by atoms with Crippen molar-refractivity contribution in [2.45, 2.75) is 25.8 Å². The van der Waals surface area contributed by atoms with E-state index >= 15 is 0 Å². The SMILES string of the molecule is C[C@@H]1[C@H](C(=O)O)CCCN1C(=O)c1ccc(=O)n(-c2ccc(F)cc2)n1. The quantitative estimate of drug-likeness (QED) is 0.900. The number of likely N-dealkylation sites (tertiary alicyclic amines) is 1. The standard InChI is InChI=1S/C18H18FN3O4/c1-11-14(18(25)26)3-2-10-21(11)17(24)15-8-9-16(23)22(20-15)13-6-4-12(19)5-7-13/h4-9,11,14H,2-3,10H2,1H3,(H,25,26)/t11-,14-/m1/s1. The molecule has 26 heavy (non-hydrogen) atoms. The number of carboxylic acid groups (broad SMARTS) is 1. The molecule has 2 atom stereocenters. The second kappa shape index (κ2) is 7.07. The number of amides is 1. The predicted octanol–water partition coefficient (Wildman–Crippen LogP) is 1.70.